The molecule has 3 aromatic heterocycles. The van der Waals surface area contributed by atoms with Gasteiger partial charge in [0.1, 0.15) is 30.2 Å². The summed E-state index contributed by atoms with van der Waals surface area (Å²) in [6, 6.07) is 7.83. The van der Waals surface area contributed by atoms with Crippen molar-refractivity contribution in [2.75, 3.05) is 38.4 Å². The molecule has 4 atom stereocenters. The van der Waals surface area contributed by atoms with Crippen molar-refractivity contribution in [1.82, 2.24) is 39.4 Å². The Morgan fingerprint density at radius 3 is 2.45 bits per heavy atom. The van der Waals surface area contributed by atoms with Gasteiger partial charge in [-0.2, -0.15) is 5.10 Å². The van der Waals surface area contributed by atoms with Gasteiger partial charge in [0.15, 0.2) is 0 Å². The topological polar surface area (TPSA) is 126 Å². The number of aromatic nitrogens is 7. The molecule has 4 aliphatic rings. The molecule has 2 bridgehead atoms. The second-order valence-electron chi connectivity index (χ2n) is 13.8. The quantitative estimate of drug-likeness (QED) is 0.201. The van der Waals surface area contributed by atoms with Crippen LogP contribution in [-0.4, -0.2) is 96.7 Å². The third-order valence-corrected chi connectivity index (χ3v) is 10.7. The first-order valence-corrected chi connectivity index (χ1v) is 18.0. The number of hydrogen-bond donors (Lipinski definition) is 1. The number of halogens is 1. The summed E-state index contributed by atoms with van der Waals surface area (Å²) >= 11 is 6.49. The molecule has 13 nitrogen and oxygen atoms in total. The summed E-state index contributed by atoms with van der Waals surface area (Å²) in [5.74, 6) is 2.00. The molecule has 1 saturated carbocycles. The lowest BCUT2D eigenvalue weighted by molar-refractivity contribution is -0.0458. The minimum absolute atomic E-state index is 0.161. The number of nitrogens with zero attached hydrogens (tertiary/aromatic N) is 8. The number of morpholine rings is 1. The molecule has 4 fully saturated rings. The standard InChI is InChI=1S/C35H44ClN9O4/c1-23(15-43-22-37-21-40-43)49-33-12-25(2-9-31(33)36)26-13-38-35(39-14-26)41-32-16-44(42-34(32)48-18-24-10-11-46-17-24)27-3-5-28(6-4-27)45-29-7-8-30(45)20-47-19-29/h2,9,12-14,16,21-24,27-30H,3-8,10-11,15,17-20H2,1H3,(H,38,39,41)/t23-,24?,27?,28?,29-,30+/m0/s1. The molecular weight excluding hydrogens is 646 g/mol. The fourth-order valence-corrected chi connectivity index (χ4v) is 7.99. The highest BCUT2D eigenvalue weighted by Crippen LogP contribution is 2.40. The zero-order valence-electron chi connectivity index (χ0n) is 27.9. The molecule has 0 amide bonds. The van der Waals surface area contributed by atoms with Crippen molar-refractivity contribution in [2.24, 2.45) is 5.92 Å². The van der Waals surface area contributed by atoms with Gasteiger partial charge in [0, 0.05) is 48.6 Å². The van der Waals surface area contributed by atoms with Crippen molar-refractivity contribution < 1.29 is 18.9 Å². The van der Waals surface area contributed by atoms with Crippen LogP contribution in [0, 0.1) is 5.92 Å². The van der Waals surface area contributed by atoms with E-state index in [4.69, 9.17) is 35.6 Å². The van der Waals surface area contributed by atoms with E-state index in [0.717, 1.165) is 62.5 Å². The Kier molecular flexibility index (Phi) is 9.66. The molecule has 1 aliphatic carbocycles. The van der Waals surface area contributed by atoms with Gasteiger partial charge in [-0.3, -0.25) is 9.58 Å². The van der Waals surface area contributed by atoms with E-state index in [0.29, 0.717) is 65.8 Å². The molecule has 3 saturated heterocycles. The Labute approximate surface area is 291 Å². The maximum atomic E-state index is 6.49. The third-order valence-electron chi connectivity index (χ3n) is 10.3. The van der Waals surface area contributed by atoms with Crippen LogP contribution in [0.15, 0.2) is 49.4 Å². The van der Waals surface area contributed by atoms with E-state index >= 15 is 0 Å². The number of nitrogens with one attached hydrogen (secondary N) is 1. The van der Waals surface area contributed by atoms with Crippen molar-refractivity contribution in [3.63, 3.8) is 0 Å². The average molecular weight is 690 g/mol. The van der Waals surface area contributed by atoms with Crippen LogP contribution in [0.2, 0.25) is 5.02 Å². The molecule has 6 heterocycles. The van der Waals surface area contributed by atoms with E-state index in [1.54, 1.807) is 23.4 Å². The van der Waals surface area contributed by atoms with Crippen LogP contribution in [0.25, 0.3) is 11.1 Å². The summed E-state index contributed by atoms with van der Waals surface area (Å²) in [6.07, 6.45) is 16.7. The fraction of sp³-hybridized carbons (Fsp3) is 0.571. The van der Waals surface area contributed by atoms with Crippen LogP contribution >= 0.6 is 11.6 Å². The largest absolute Gasteiger partial charge is 0.487 e. The first kappa shape index (κ1) is 32.4. The SMILES string of the molecule is C[C@@H](Cn1cncn1)Oc1cc(-c2cnc(Nc3cn(C4CCC(N5[C@@H]6CC[C@H]5COC6)CC4)nc3OCC3CCOC3)nc2)ccc1Cl. The van der Waals surface area contributed by atoms with Crippen molar-refractivity contribution in [2.45, 2.75) is 88.7 Å². The van der Waals surface area contributed by atoms with Gasteiger partial charge >= 0.3 is 0 Å². The number of hydrogen-bond acceptors (Lipinski definition) is 11. The van der Waals surface area contributed by atoms with Crippen LogP contribution in [0.1, 0.15) is 57.9 Å². The van der Waals surface area contributed by atoms with E-state index in [2.05, 4.69) is 41.1 Å². The number of fused-ring (bicyclic) bond motifs is 2. The van der Waals surface area contributed by atoms with Crippen LogP contribution < -0.4 is 14.8 Å². The number of benzene rings is 1. The Balaban J connectivity index is 0.944. The van der Waals surface area contributed by atoms with E-state index in [9.17, 15) is 0 Å². The summed E-state index contributed by atoms with van der Waals surface area (Å²) < 4.78 is 27.7. The molecule has 8 rings (SSSR count). The molecule has 1 unspecified atom stereocenters. The van der Waals surface area contributed by atoms with Gasteiger partial charge in [0.2, 0.25) is 5.95 Å². The van der Waals surface area contributed by atoms with Gasteiger partial charge in [0.25, 0.3) is 5.88 Å². The highest BCUT2D eigenvalue weighted by atomic mass is 35.5. The van der Waals surface area contributed by atoms with Crippen LogP contribution in [0.3, 0.4) is 0 Å². The van der Waals surface area contributed by atoms with Crippen molar-refractivity contribution in [1.29, 1.82) is 0 Å². The van der Waals surface area contributed by atoms with Crippen LogP contribution in [0.5, 0.6) is 11.6 Å². The molecule has 1 N–H and O–H groups in total. The van der Waals surface area contributed by atoms with Crippen LogP contribution in [0.4, 0.5) is 11.6 Å². The molecule has 260 valence electrons. The van der Waals surface area contributed by atoms with E-state index in [-0.39, 0.29) is 6.10 Å². The molecule has 4 aromatic rings. The molecule has 14 heteroatoms. The summed E-state index contributed by atoms with van der Waals surface area (Å²) in [6.45, 7) is 6.37. The molecule has 3 aliphatic heterocycles. The lowest BCUT2D eigenvalue weighted by Crippen LogP contribution is -2.52. The van der Waals surface area contributed by atoms with Gasteiger partial charge in [-0.25, -0.2) is 19.6 Å². The molecular formula is C35H44ClN9O4. The number of ether oxygens (including phenoxy) is 4. The highest BCUT2D eigenvalue weighted by Gasteiger charge is 2.42. The van der Waals surface area contributed by atoms with Gasteiger partial charge in [-0.15, -0.1) is 5.10 Å². The summed E-state index contributed by atoms with van der Waals surface area (Å²) in [7, 11) is 0. The second-order valence-corrected chi connectivity index (χ2v) is 14.2. The maximum Gasteiger partial charge on any atom is 0.256 e. The number of rotatable bonds is 12. The Hall–Kier alpha value is -3.78. The van der Waals surface area contributed by atoms with Crippen molar-refractivity contribution >= 4 is 23.2 Å². The predicted octanol–water partition coefficient (Wildman–Crippen LogP) is 5.56. The van der Waals surface area contributed by atoms with E-state index in [1.165, 1.54) is 32.0 Å². The average Bonchev–Trinajstić information content (AvgIpc) is 3.94. The van der Waals surface area contributed by atoms with E-state index in [1.807, 2.05) is 25.1 Å². The molecule has 49 heavy (non-hydrogen) atoms. The van der Waals surface area contributed by atoms with Crippen molar-refractivity contribution in [3.8, 4) is 22.8 Å². The molecule has 0 spiro atoms. The Morgan fingerprint density at radius 2 is 1.71 bits per heavy atom. The third kappa shape index (κ3) is 7.40. The number of anilines is 2. The summed E-state index contributed by atoms with van der Waals surface area (Å²) in [5, 5.41) is 13.0. The fourth-order valence-electron chi connectivity index (χ4n) is 7.82. The van der Waals surface area contributed by atoms with E-state index < -0.39 is 0 Å². The lowest BCUT2D eigenvalue weighted by Gasteiger charge is -2.43. The van der Waals surface area contributed by atoms with Gasteiger partial charge in [0.05, 0.1) is 50.2 Å². The molecule has 1 aromatic carbocycles. The zero-order chi connectivity index (χ0) is 33.2. The van der Waals surface area contributed by atoms with Gasteiger partial charge in [-0.1, -0.05) is 17.7 Å². The minimum Gasteiger partial charge on any atom is -0.487 e. The zero-order valence-corrected chi connectivity index (χ0v) is 28.6. The van der Waals surface area contributed by atoms with Gasteiger partial charge in [-0.05, 0) is 69.6 Å². The highest BCUT2D eigenvalue weighted by molar-refractivity contribution is 6.32. The monoisotopic (exact) mass is 689 g/mol. The summed E-state index contributed by atoms with van der Waals surface area (Å²) in [4.78, 5) is 16.1. The lowest BCUT2D eigenvalue weighted by atomic mass is 9.89. The second kappa shape index (κ2) is 14.6. The van der Waals surface area contributed by atoms with Crippen LogP contribution in [-0.2, 0) is 16.0 Å². The minimum atomic E-state index is -0.161. The Morgan fingerprint density at radius 1 is 0.939 bits per heavy atom. The van der Waals surface area contributed by atoms with Gasteiger partial charge < -0.3 is 24.3 Å². The first-order valence-electron chi connectivity index (χ1n) is 17.6. The smallest absolute Gasteiger partial charge is 0.256 e. The predicted molar refractivity (Wildman–Crippen MR) is 183 cm³/mol. The molecule has 0 radical (unpaired) electrons. The summed E-state index contributed by atoms with van der Waals surface area (Å²) in [5.41, 5.74) is 2.51. The maximum absolute atomic E-state index is 6.49. The first-order chi connectivity index (χ1) is 24.1. The normalized spacial score (nSPS) is 26.1. The van der Waals surface area contributed by atoms with Crippen molar-refractivity contribution in [3.05, 3.63) is 54.5 Å². The Bertz CT molecular complexity index is 1660.